The predicted octanol–water partition coefficient (Wildman–Crippen LogP) is 5.92. The van der Waals surface area contributed by atoms with Crippen LogP contribution in [-0.4, -0.2) is 36.4 Å². The van der Waals surface area contributed by atoms with Crippen LogP contribution in [0.15, 0.2) is 78.9 Å². The number of aryl methyl sites for hydroxylation is 1. The van der Waals surface area contributed by atoms with Crippen LogP contribution in [0.5, 0.6) is 5.75 Å². The van der Waals surface area contributed by atoms with Crippen molar-refractivity contribution in [2.75, 3.05) is 13.7 Å². The highest BCUT2D eigenvalue weighted by atomic mass is 16.5. The minimum atomic E-state index is -0.615. The third-order valence-electron chi connectivity index (χ3n) is 6.58. The monoisotopic (exact) mass is 500 g/mol. The average molecular weight is 501 g/mol. The molecular weight excluding hydrogens is 460 g/mol. The van der Waals surface area contributed by atoms with Crippen molar-refractivity contribution in [3.8, 4) is 5.75 Å². The molecule has 37 heavy (non-hydrogen) atoms. The standard InChI is InChI=1S/C32H40N2O3/c1-5-20-33-32(36)30(22-26-10-7-6-8-11-26)34(23-27-12-9-13-29(21-27)37-4)31(35)19-16-25-14-17-28(18-15-25)24(2)3/h6-15,17-18,21,24,30H,5,16,19-20,22-23H2,1-4H3,(H,33,36)/t30-/m0/s1. The number of ether oxygens (including phenoxy) is 1. The molecular formula is C32H40N2O3. The molecule has 0 radical (unpaired) electrons. The van der Waals surface area contributed by atoms with E-state index in [1.165, 1.54) is 5.56 Å². The minimum absolute atomic E-state index is 0.0386. The summed E-state index contributed by atoms with van der Waals surface area (Å²) in [6.07, 6.45) is 2.24. The molecule has 3 aromatic carbocycles. The normalized spacial score (nSPS) is 11.7. The Kier molecular flexibility index (Phi) is 10.8. The van der Waals surface area contributed by atoms with Crippen molar-refractivity contribution in [3.63, 3.8) is 0 Å². The second-order valence-electron chi connectivity index (χ2n) is 9.77. The zero-order valence-electron chi connectivity index (χ0n) is 22.6. The third kappa shape index (κ3) is 8.49. The number of nitrogens with one attached hydrogen (secondary N) is 1. The summed E-state index contributed by atoms with van der Waals surface area (Å²) < 4.78 is 5.40. The number of hydrogen-bond donors (Lipinski definition) is 1. The minimum Gasteiger partial charge on any atom is -0.497 e. The maximum absolute atomic E-state index is 13.8. The molecule has 5 heteroatoms. The van der Waals surface area contributed by atoms with Crippen LogP contribution in [0, 0.1) is 0 Å². The van der Waals surface area contributed by atoms with Gasteiger partial charge in [-0.2, -0.15) is 0 Å². The van der Waals surface area contributed by atoms with Crippen molar-refractivity contribution in [3.05, 3.63) is 101 Å². The first-order chi connectivity index (χ1) is 17.9. The second kappa shape index (κ2) is 14.2. The molecule has 0 aliphatic carbocycles. The van der Waals surface area contributed by atoms with E-state index >= 15 is 0 Å². The summed E-state index contributed by atoms with van der Waals surface area (Å²) in [5, 5.41) is 3.03. The van der Waals surface area contributed by atoms with Gasteiger partial charge in [0.05, 0.1) is 7.11 Å². The van der Waals surface area contributed by atoms with Crippen molar-refractivity contribution in [2.45, 2.75) is 65.0 Å². The van der Waals surface area contributed by atoms with Gasteiger partial charge in [-0.1, -0.05) is 87.5 Å². The molecule has 0 unspecified atom stereocenters. The van der Waals surface area contributed by atoms with Gasteiger partial charge in [0.2, 0.25) is 11.8 Å². The van der Waals surface area contributed by atoms with Gasteiger partial charge in [-0.25, -0.2) is 0 Å². The first-order valence-corrected chi connectivity index (χ1v) is 13.2. The molecule has 3 rings (SSSR count). The number of benzene rings is 3. The Morgan fingerprint density at radius 3 is 2.24 bits per heavy atom. The summed E-state index contributed by atoms with van der Waals surface area (Å²) in [6.45, 7) is 7.28. The van der Waals surface area contributed by atoms with Gasteiger partial charge in [-0.3, -0.25) is 9.59 Å². The molecule has 196 valence electrons. The highest BCUT2D eigenvalue weighted by Gasteiger charge is 2.30. The lowest BCUT2D eigenvalue weighted by molar-refractivity contribution is -0.141. The first-order valence-electron chi connectivity index (χ1n) is 13.2. The van der Waals surface area contributed by atoms with Crippen LogP contribution in [-0.2, 0) is 29.0 Å². The number of carbonyl (C=O) groups excluding carboxylic acids is 2. The fourth-order valence-corrected chi connectivity index (χ4v) is 4.35. The summed E-state index contributed by atoms with van der Waals surface area (Å²) in [7, 11) is 1.63. The molecule has 0 fully saturated rings. The predicted molar refractivity (Wildman–Crippen MR) is 150 cm³/mol. The zero-order valence-corrected chi connectivity index (χ0v) is 22.6. The molecule has 5 nitrogen and oxygen atoms in total. The maximum Gasteiger partial charge on any atom is 0.243 e. The van der Waals surface area contributed by atoms with E-state index in [1.54, 1.807) is 12.0 Å². The number of amides is 2. The lowest BCUT2D eigenvalue weighted by Crippen LogP contribution is -2.50. The van der Waals surface area contributed by atoms with Crippen LogP contribution in [0.4, 0.5) is 0 Å². The van der Waals surface area contributed by atoms with E-state index in [0.29, 0.717) is 38.3 Å². The highest BCUT2D eigenvalue weighted by molar-refractivity contribution is 5.88. The Bertz CT molecular complexity index is 1130. The van der Waals surface area contributed by atoms with E-state index in [0.717, 1.165) is 28.9 Å². The smallest absolute Gasteiger partial charge is 0.243 e. The summed E-state index contributed by atoms with van der Waals surface area (Å²) in [4.78, 5) is 28.9. The van der Waals surface area contributed by atoms with Crippen molar-refractivity contribution < 1.29 is 14.3 Å². The van der Waals surface area contributed by atoms with E-state index in [9.17, 15) is 9.59 Å². The molecule has 0 spiro atoms. The van der Waals surface area contributed by atoms with E-state index < -0.39 is 6.04 Å². The van der Waals surface area contributed by atoms with Crippen molar-refractivity contribution in [1.29, 1.82) is 0 Å². The van der Waals surface area contributed by atoms with E-state index in [4.69, 9.17) is 4.74 Å². The number of nitrogens with zero attached hydrogens (tertiary/aromatic N) is 1. The van der Waals surface area contributed by atoms with Crippen LogP contribution in [0.25, 0.3) is 0 Å². The van der Waals surface area contributed by atoms with Crippen LogP contribution in [0.2, 0.25) is 0 Å². The summed E-state index contributed by atoms with van der Waals surface area (Å²) in [5.41, 5.74) is 4.35. The molecule has 0 heterocycles. The number of hydrogen-bond acceptors (Lipinski definition) is 3. The first kappa shape index (κ1) is 28.0. The Morgan fingerprint density at radius 1 is 0.892 bits per heavy atom. The Balaban J connectivity index is 1.88. The van der Waals surface area contributed by atoms with E-state index in [-0.39, 0.29) is 11.8 Å². The third-order valence-corrected chi connectivity index (χ3v) is 6.58. The molecule has 0 aliphatic rings. The van der Waals surface area contributed by atoms with Crippen LogP contribution >= 0.6 is 0 Å². The van der Waals surface area contributed by atoms with Crippen LogP contribution < -0.4 is 10.1 Å². The Hall–Kier alpha value is -3.60. The molecule has 3 aromatic rings. The van der Waals surface area contributed by atoms with E-state index in [2.05, 4.69) is 43.4 Å². The van der Waals surface area contributed by atoms with Crippen LogP contribution in [0.1, 0.15) is 61.8 Å². The van der Waals surface area contributed by atoms with Crippen LogP contribution in [0.3, 0.4) is 0 Å². The largest absolute Gasteiger partial charge is 0.497 e. The Labute approximate surface area is 221 Å². The van der Waals surface area contributed by atoms with Crippen molar-refractivity contribution >= 4 is 11.8 Å². The number of methoxy groups -OCH3 is 1. The zero-order chi connectivity index (χ0) is 26.6. The lowest BCUT2D eigenvalue weighted by atomic mass is 9.99. The molecule has 0 saturated carbocycles. The van der Waals surface area contributed by atoms with Gasteiger partial charge >= 0.3 is 0 Å². The van der Waals surface area contributed by atoms with Gasteiger partial charge in [0, 0.05) is 25.9 Å². The van der Waals surface area contributed by atoms with Gasteiger partial charge in [0.25, 0.3) is 0 Å². The lowest BCUT2D eigenvalue weighted by Gasteiger charge is -2.32. The molecule has 0 aromatic heterocycles. The second-order valence-corrected chi connectivity index (χ2v) is 9.77. The van der Waals surface area contributed by atoms with Gasteiger partial charge in [-0.15, -0.1) is 0 Å². The van der Waals surface area contributed by atoms with Gasteiger partial charge < -0.3 is 15.0 Å². The summed E-state index contributed by atoms with van der Waals surface area (Å²) in [6, 6.07) is 25.4. The summed E-state index contributed by atoms with van der Waals surface area (Å²) in [5.74, 6) is 1.03. The van der Waals surface area contributed by atoms with Crippen molar-refractivity contribution in [2.24, 2.45) is 0 Å². The topological polar surface area (TPSA) is 58.6 Å². The molecule has 0 bridgehead atoms. The SMILES string of the molecule is CCCNC(=O)[C@H](Cc1ccccc1)N(Cc1cccc(OC)c1)C(=O)CCc1ccc(C(C)C)cc1. The molecule has 0 aliphatic heterocycles. The average Bonchev–Trinajstić information content (AvgIpc) is 2.93. The maximum atomic E-state index is 13.8. The number of rotatable bonds is 13. The Morgan fingerprint density at radius 2 is 1.59 bits per heavy atom. The number of carbonyl (C=O) groups is 2. The molecule has 2 amide bonds. The fourth-order valence-electron chi connectivity index (χ4n) is 4.35. The molecule has 1 N–H and O–H groups in total. The molecule has 0 saturated heterocycles. The highest BCUT2D eigenvalue weighted by Crippen LogP contribution is 2.20. The van der Waals surface area contributed by atoms with Gasteiger partial charge in [-0.05, 0) is 53.1 Å². The van der Waals surface area contributed by atoms with E-state index in [1.807, 2.05) is 61.5 Å². The molecule has 1 atom stereocenters. The van der Waals surface area contributed by atoms with Gasteiger partial charge in [0.1, 0.15) is 11.8 Å². The van der Waals surface area contributed by atoms with Crippen molar-refractivity contribution in [1.82, 2.24) is 10.2 Å². The quantitative estimate of drug-likeness (QED) is 0.317. The fraction of sp³-hybridized carbons (Fsp3) is 0.375. The summed E-state index contributed by atoms with van der Waals surface area (Å²) >= 11 is 0. The van der Waals surface area contributed by atoms with Gasteiger partial charge in [0.15, 0.2) is 0 Å².